The summed E-state index contributed by atoms with van der Waals surface area (Å²) in [5, 5.41) is 11.3. The van der Waals surface area contributed by atoms with Crippen LogP contribution >= 0.6 is 0 Å². The lowest BCUT2D eigenvalue weighted by molar-refractivity contribution is -0.138. The number of rotatable bonds is 7. The summed E-state index contributed by atoms with van der Waals surface area (Å²) in [5.74, 6) is 1.44. The van der Waals surface area contributed by atoms with Gasteiger partial charge in [-0.2, -0.15) is 13.2 Å². The first-order valence-electron chi connectivity index (χ1n) is 13.2. The van der Waals surface area contributed by atoms with Crippen molar-refractivity contribution in [3.63, 3.8) is 0 Å². The van der Waals surface area contributed by atoms with E-state index < -0.39 is 17.8 Å². The Morgan fingerprint density at radius 1 is 1.05 bits per heavy atom. The molecule has 1 amide bonds. The fourth-order valence-electron chi connectivity index (χ4n) is 4.97. The van der Waals surface area contributed by atoms with E-state index >= 15 is 0 Å². The molecule has 3 aromatic heterocycles. The van der Waals surface area contributed by atoms with Crippen LogP contribution in [0.3, 0.4) is 0 Å². The fraction of sp³-hybridized carbons (Fsp3) is 0.345. The Hall–Kier alpha value is -4.68. The molecule has 5 rings (SSSR count). The minimum Gasteiger partial charge on any atom is -0.493 e. The first-order valence-corrected chi connectivity index (χ1v) is 13.2. The van der Waals surface area contributed by atoms with E-state index in [4.69, 9.17) is 9.47 Å². The van der Waals surface area contributed by atoms with Gasteiger partial charge in [0, 0.05) is 18.8 Å². The number of ether oxygens (including phenoxy) is 2. The van der Waals surface area contributed by atoms with Gasteiger partial charge >= 0.3 is 6.18 Å². The maximum Gasteiger partial charge on any atom is 0.416 e. The predicted octanol–water partition coefficient (Wildman–Crippen LogP) is 5.36. The number of carbonyl (C=O) groups excluding carboxylic acids is 1. The van der Waals surface area contributed by atoms with Gasteiger partial charge in [0.05, 0.1) is 31.7 Å². The Balaban J connectivity index is 1.34. The van der Waals surface area contributed by atoms with Crippen LogP contribution in [-0.4, -0.2) is 56.0 Å². The maximum absolute atomic E-state index is 13.6. The topological polar surface area (TPSA) is 107 Å². The summed E-state index contributed by atoms with van der Waals surface area (Å²) in [6.45, 7) is 6.00. The van der Waals surface area contributed by atoms with Gasteiger partial charge < -0.3 is 19.7 Å². The second kappa shape index (κ2) is 11.3. The highest BCUT2D eigenvalue weighted by Crippen LogP contribution is 2.35. The van der Waals surface area contributed by atoms with Crippen molar-refractivity contribution >= 4 is 17.5 Å². The van der Waals surface area contributed by atoms with Crippen LogP contribution in [0.1, 0.15) is 42.1 Å². The molecule has 4 heterocycles. The highest BCUT2D eigenvalue weighted by Gasteiger charge is 2.32. The third-order valence-corrected chi connectivity index (χ3v) is 7.22. The molecule has 13 heteroatoms. The molecule has 0 saturated heterocycles. The second-order valence-corrected chi connectivity index (χ2v) is 10.2. The fourth-order valence-corrected chi connectivity index (χ4v) is 4.97. The van der Waals surface area contributed by atoms with Gasteiger partial charge in [0.2, 0.25) is 5.91 Å². The van der Waals surface area contributed by atoms with Crippen molar-refractivity contribution in [2.24, 2.45) is 0 Å². The van der Waals surface area contributed by atoms with E-state index in [1.165, 1.54) is 4.68 Å². The van der Waals surface area contributed by atoms with Gasteiger partial charge in [-0.25, -0.2) is 14.6 Å². The average Bonchev–Trinajstić information content (AvgIpc) is 3.45. The first-order chi connectivity index (χ1) is 20.0. The zero-order valence-electron chi connectivity index (χ0n) is 23.7. The van der Waals surface area contributed by atoms with E-state index in [2.05, 4.69) is 25.6 Å². The van der Waals surface area contributed by atoms with E-state index in [0.29, 0.717) is 41.7 Å². The molecule has 2 unspecified atom stereocenters. The number of benzene rings is 1. The number of carbonyl (C=O) groups is 1. The lowest BCUT2D eigenvalue weighted by Crippen LogP contribution is -2.45. The van der Waals surface area contributed by atoms with Crippen LogP contribution in [0.4, 0.5) is 24.8 Å². The number of aryl methyl sites for hydroxylation is 1. The molecule has 1 aliphatic heterocycles. The third kappa shape index (κ3) is 5.85. The number of fused-ring (bicyclic) bond motifs is 1. The van der Waals surface area contributed by atoms with Crippen LogP contribution in [0, 0.1) is 6.92 Å². The number of hydrogen-bond donors (Lipinski definition) is 1. The van der Waals surface area contributed by atoms with Crippen molar-refractivity contribution in [2.75, 3.05) is 19.5 Å². The molecule has 0 spiro atoms. The summed E-state index contributed by atoms with van der Waals surface area (Å²) in [6, 6.07) is 8.44. The van der Waals surface area contributed by atoms with Crippen LogP contribution < -0.4 is 14.8 Å². The van der Waals surface area contributed by atoms with Gasteiger partial charge in [0.15, 0.2) is 11.5 Å². The molecule has 0 aliphatic carbocycles. The Bertz CT molecular complexity index is 1620. The minimum absolute atomic E-state index is 0.00466. The minimum atomic E-state index is -4.49. The van der Waals surface area contributed by atoms with Crippen molar-refractivity contribution in [2.45, 2.75) is 52.0 Å². The number of hydrogen-bond acceptors (Lipinski definition) is 8. The molecule has 2 atom stereocenters. The van der Waals surface area contributed by atoms with E-state index in [9.17, 15) is 18.0 Å². The number of anilines is 2. The highest BCUT2D eigenvalue weighted by molar-refractivity contribution is 5.81. The quantitative estimate of drug-likeness (QED) is 0.311. The molecular formula is C29H30F3N7O3. The maximum atomic E-state index is 13.6. The number of methoxy groups -OCH3 is 2. The van der Waals surface area contributed by atoms with Crippen LogP contribution in [-0.2, 0) is 23.9 Å². The Morgan fingerprint density at radius 2 is 1.76 bits per heavy atom. The summed E-state index contributed by atoms with van der Waals surface area (Å²) in [6.07, 6.45) is -1.11. The molecule has 42 heavy (non-hydrogen) atoms. The van der Waals surface area contributed by atoms with E-state index in [1.807, 2.05) is 30.9 Å². The molecule has 1 aliphatic rings. The third-order valence-electron chi connectivity index (χ3n) is 7.22. The number of halogens is 3. The Morgan fingerprint density at radius 3 is 2.45 bits per heavy atom. The normalized spacial score (nSPS) is 15.6. The van der Waals surface area contributed by atoms with Crippen LogP contribution in [0.25, 0.3) is 11.4 Å². The van der Waals surface area contributed by atoms with Crippen molar-refractivity contribution in [3.8, 4) is 22.9 Å². The molecule has 0 saturated carbocycles. The van der Waals surface area contributed by atoms with Crippen LogP contribution in [0.5, 0.6) is 11.5 Å². The SMILES string of the molecule is COc1cc2c(cc1OC)CN(C(=O)C(C)n1cc(-c3cc(C)cc(Nc4cc(C(F)(F)F)ccn4)n3)nn1)C(C)C2. The number of alkyl halides is 3. The van der Waals surface area contributed by atoms with Gasteiger partial charge in [0.25, 0.3) is 0 Å². The number of amides is 1. The predicted molar refractivity (Wildman–Crippen MR) is 148 cm³/mol. The number of pyridine rings is 2. The van der Waals surface area contributed by atoms with Crippen LogP contribution in [0.2, 0.25) is 0 Å². The summed E-state index contributed by atoms with van der Waals surface area (Å²) >= 11 is 0. The van der Waals surface area contributed by atoms with E-state index in [1.54, 1.807) is 39.5 Å². The van der Waals surface area contributed by atoms with Crippen molar-refractivity contribution in [1.82, 2.24) is 29.9 Å². The number of nitrogens with zero attached hydrogens (tertiary/aromatic N) is 6. The van der Waals surface area contributed by atoms with Crippen molar-refractivity contribution in [1.29, 1.82) is 0 Å². The summed E-state index contributed by atoms with van der Waals surface area (Å²) in [7, 11) is 3.17. The molecule has 1 N–H and O–H groups in total. The lowest BCUT2D eigenvalue weighted by atomic mass is 9.93. The monoisotopic (exact) mass is 581 g/mol. The first kappa shape index (κ1) is 28.8. The molecule has 4 aromatic rings. The van der Waals surface area contributed by atoms with Gasteiger partial charge in [0.1, 0.15) is 23.4 Å². The van der Waals surface area contributed by atoms with Gasteiger partial charge in [-0.15, -0.1) is 5.10 Å². The van der Waals surface area contributed by atoms with E-state index in [0.717, 1.165) is 35.0 Å². The molecule has 10 nitrogen and oxygen atoms in total. The number of nitrogens with one attached hydrogen (secondary N) is 1. The summed E-state index contributed by atoms with van der Waals surface area (Å²) < 4.78 is 51.7. The second-order valence-electron chi connectivity index (χ2n) is 10.2. The molecule has 0 radical (unpaired) electrons. The lowest BCUT2D eigenvalue weighted by Gasteiger charge is -2.36. The molecule has 0 bridgehead atoms. The molecular weight excluding hydrogens is 551 g/mol. The molecule has 220 valence electrons. The largest absolute Gasteiger partial charge is 0.493 e. The standard InChI is InChI=1S/C29H30F3N7O3/c1-16-8-22(34-27(9-16)35-26-13-21(6-7-33-26)29(30,31)32)23-15-39(37-36-23)18(3)28(40)38-14-20-12-25(42-5)24(41-4)11-19(20)10-17(38)2/h6-9,11-13,15,17-18H,10,14H2,1-5H3,(H,33,34,35). The van der Waals surface area contributed by atoms with Crippen molar-refractivity contribution < 1.29 is 27.4 Å². The van der Waals surface area contributed by atoms with Gasteiger partial charge in [-0.05, 0) is 80.3 Å². The smallest absolute Gasteiger partial charge is 0.416 e. The van der Waals surface area contributed by atoms with Crippen LogP contribution in [0.15, 0.2) is 48.8 Å². The Labute approximate surface area is 240 Å². The average molecular weight is 582 g/mol. The van der Waals surface area contributed by atoms with Crippen molar-refractivity contribution in [3.05, 3.63) is 71.0 Å². The Kier molecular flexibility index (Phi) is 7.76. The zero-order chi connectivity index (χ0) is 30.2. The molecule has 1 aromatic carbocycles. The summed E-state index contributed by atoms with van der Waals surface area (Å²) in [5.41, 5.74) is 2.92. The summed E-state index contributed by atoms with van der Waals surface area (Å²) in [4.78, 5) is 23.9. The molecule has 0 fully saturated rings. The zero-order valence-corrected chi connectivity index (χ0v) is 23.7. The van der Waals surface area contributed by atoms with Gasteiger partial charge in [-0.1, -0.05) is 5.21 Å². The highest BCUT2D eigenvalue weighted by atomic mass is 19.4. The van der Waals surface area contributed by atoms with Gasteiger partial charge in [-0.3, -0.25) is 4.79 Å². The number of aromatic nitrogens is 5. The van der Waals surface area contributed by atoms with E-state index in [-0.39, 0.29) is 17.8 Å².